The van der Waals surface area contributed by atoms with E-state index < -0.39 is 37.4 Å². The predicted molar refractivity (Wildman–Crippen MR) is 68.9 cm³/mol. The molecule has 110 valence electrons. The quantitative estimate of drug-likeness (QED) is 0.594. The van der Waals surface area contributed by atoms with Gasteiger partial charge in [0, 0.05) is 12.6 Å². The summed E-state index contributed by atoms with van der Waals surface area (Å²) >= 11 is 0. The fraction of sp³-hybridized carbons (Fsp3) is 0.455. The average molecular weight is 303 g/mol. The number of sulfonamides is 1. The molecule has 0 radical (unpaired) electrons. The van der Waals surface area contributed by atoms with E-state index in [1.165, 1.54) is 0 Å². The number of halogens is 1. The second-order valence-electron chi connectivity index (χ2n) is 4.64. The zero-order valence-electron chi connectivity index (χ0n) is 10.5. The van der Waals surface area contributed by atoms with Crippen LogP contribution in [0.15, 0.2) is 23.1 Å². The highest BCUT2D eigenvalue weighted by molar-refractivity contribution is 7.89. The van der Waals surface area contributed by atoms with Gasteiger partial charge in [0.2, 0.25) is 15.8 Å². The van der Waals surface area contributed by atoms with Crippen molar-refractivity contribution in [3.8, 4) is 0 Å². The number of para-hydroxylation sites is 1. The Morgan fingerprint density at radius 3 is 2.65 bits per heavy atom. The minimum absolute atomic E-state index is 0.0903. The van der Waals surface area contributed by atoms with Crippen LogP contribution in [0, 0.1) is 21.8 Å². The Morgan fingerprint density at radius 1 is 1.50 bits per heavy atom. The highest BCUT2D eigenvalue weighted by Gasteiger charge is 2.36. The molecule has 7 nitrogen and oxygen atoms in total. The first-order valence-electron chi connectivity index (χ1n) is 6.02. The van der Waals surface area contributed by atoms with Crippen molar-refractivity contribution in [2.24, 2.45) is 11.7 Å². The molecule has 0 heterocycles. The van der Waals surface area contributed by atoms with E-state index in [4.69, 9.17) is 5.73 Å². The summed E-state index contributed by atoms with van der Waals surface area (Å²) in [5.74, 6) is -1.05. The number of nitrogens with two attached hydrogens (primary N) is 1. The van der Waals surface area contributed by atoms with E-state index in [9.17, 15) is 22.9 Å². The van der Waals surface area contributed by atoms with Crippen LogP contribution in [0.5, 0.6) is 0 Å². The molecule has 0 unspecified atom stereocenters. The fourth-order valence-electron chi connectivity index (χ4n) is 1.99. The highest BCUT2D eigenvalue weighted by atomic mass is 32.2. The topological polar surface area (TPSA) is 115 Å². The van der Waals surface area contributed by atoms with Crippen molar-refractivity contribution in [3.05, 3.63) is 34.1 Å². The van der Waals surface area contributed by atoms with Gasteiger partial charge in [0.1, 0.15) is 0 Å². The lowest BCUT2D eigenvalue weighted by atomic mass is 10.2. The van der Waals surface area contributed by atoms with E-state index in [-0.39, 0.29) is 12.5 Å². The first-order valence-corrected chi connectivity index (χ1v) is 7.50. The number of nitrogens with zero attached hydrogens (tertiary/aromatic N) is 1. The standard InChI is InChI=1S/C11H14FN3O4S/c12-8-2-1-3-10(11(8)15(16)17)20(18,19)14-9(6-13)7-4-5-7/h1-3,7,9,14H,4-6,13H2/t9-/m1/s1. The van der Waals surface area contributed by atoms with Crippen LogP contribution >= 0.6 is 0 Å². The molecule has 3 N–H and O–H groups in total. The third-order valence-electron chi connectivity index (χ3n) is 3.17. The molecule has 1 aliphatic carbocycles. The second-order valence-corrected chi connectivity index (χ2v) is 6.33. The number of nitrogens with one attached hydrogen (secondary N) is 1. The van der Waals surface area contributed by atoms with Gasteiger partial charge in [0.15, 0.2) is 4.90 Å². The second kappa shape index (κ2) is 5.43. The zero-order valence-corrected chi connectivity index (χ0v) is 11.3. The Balaban J connectivity index is 2.38. The molecule has 0 aliphatic heterocycles. The predicted octanol–water partition coefficient (Wildman–Crippen LogP) is 0.750. The molecule has 9 heteroatoms. The average Bonchev–Trinajstić information content (AvgIpc) is 3.19. The van der Waals surface area contributed by atoms with Crippen molar-refractivity contribution in [3.63, 3.8) is 0 Å². The molecule has 20 heavy (non-hydrogen) atoms. The van der Waals surface area contributed by atoms with Crippen molar-refractivity contribution in [1.82, 2.24) is 4.72 Å². The molecule has 0 saturated heterocycles. The van der Waals surface area contributed by atoms with Crippen molar-refractivity contribution < 1.29 is 17.7 Å². The van der Waals surface area contributed by atoms with Crippen LogP contribution in [-0.4, -0.2) is 25.9 Å². The Kier molecular flexibility index (Phi) is 4.02. The maximum Gasteiger partial charge on any atom is 0.324 e. The third-order valence-corrected chi connectivity index (χ3v) is 4.69. The van der Waals surface area contributed by atoms with Crippen molar-refractivity contribution in [1.29, 1.82) is 0 Å². The Hall–Kier alpha value is -1.58. The molecule has 0 amide bonds. The SMILES string of the molecule is NC[C@@H](NS(=O)(=O)c1cccc(F)c1[N+](=O)[O-])C1CC1. The van der Waals surface area contributed by atoms with Crippen LogP contribution in [0.25, 0.3) is 0 Å². The summed E-state index contributed by atoms with van der Waals surface area (Å²) in [5, 5.41) is 10.8. The zero-order chi connectivity index (χ0) is 14.9. The van der Waals surface area contributed by atoms with E-state index in [1.807, 2.05) is 0 Å². The van der Waals surface area contributed by atoms with Gasteiger partial charge in [-0.2, -0.15) is 4.39 Å². The smallest absolute Gasteiger partial charge is 0.324 e. The van der Waals surface area contributed by atoms with Crippen LogP contribution < -0.4 is 10.5 Å². The largest absolute Gasteiger partial charge is 0.329 e. The molecule has 0 bridgehead atoms. The minimum atomic E-state index is -4.19. The minimum Gasteiger partial charge on any atom is -0.329 e. The number of rotatable bonds is 6. The maximum absolute atomic E-state index is 13.5. The van der Waals surface area contributed by atoms with Crippen LogP contribution in [0.3, 0.4) is 0 Å². The summed E-state index contributed by atoms with van der Waals surface area (Å²) in [6.07, 6.45) is 1.71. The molecule has 1 aliphatic rings. The number of hydrogen-bond acceptors (Lipinski definition) is 5. The Morgan fingerprint density at radius 2 is 2.15 bits per heavy atom. The van der Waals surface area contributed by atoms with Gasteiger partial charge in [-0.05, 0) is 30.9 Å². The van der Waals surface area contributed by atoms with Gasteiger partial charge in [-0.25, -0.2) is 13.1 Å². The lowest BCUT2D eigenvalue weighted by Gasteiger charge is -2.16. The van der Waals surface area contributed by atoms with E-state index >= 15 is 0 Å². The maximum atomic E-state index is 13.5. The number of hydrogen-bond donors (Lipinski definition) is 2. The van der Waals surface area contributed by atoms with E-state index in [2.05, 4.69) is 4.72 Å². The Bertz CT molecular complexity index is 631. The van der Waals surface area contributed by atoms with Gasteiger partial charge in [-0.3, -0.25) is 10.1 Å². The molecule has 1 aromatic carbocycles. The van der Waals surface area contributed by atoms with Crippen LogP contribution in [0.2, 0.25) is 0 Å². The lowest BCUT2D eigenvalue weighted by molar-refractivity contribution is -0.390. The highest BCUT2D eigenvalue weighted by Crippen LogP contribution is 2.34. The van der Waals surface area contributed by atoms with Crippen molar-refractivity contribution in [2.45, 2.75) is 23.8 Å². The van der Waals surface area contributed by atoms with Gasteiger partial charge in [0.25, 0.3) is 0 Å². The molecule has 2 rings (SSSR count). The summed E-state index contributed by atoms with van der Waals surface area (Å²) < 4.78 is 40.1. The summed E-state index contributed by atoms with van der Waals surface area (Å²) in [6.45, 7) is 0.0903. The number of nitro groups is 1. The summed E-state index contributed by atoms with van der Waals surface area (Å²) in [4.78, 5) is 9.12. The van der Waals surface area contributed by atoms with Crippen molar-refractivity contribution in [2.75, 3.05) is 6.54 Å². The van der Waals surface area contributed by atoms with Gasteiger partial charge in [-0.1, -0.05) is 6.07 Å². The summed E-state index contributed by atoms with van der Waals surface area (Å²) in [6, 6.07) is 2.48. The van der Waals surface area contributed by atoms with E-state index in [0.29, 0.717) is 0 Å². The first kappa shape index (κ1) is 14.8. The number of nitro benzene ring substituents is 1. The monoisotopic (exact) mass is 303 g/mol. The van der Waals surface area contributed by atoms with E-state index in [1.54, 1.807) is 0 Å². The molecule has 1 fully saturated rings. The lowest BCUT2D eigenvalue weighted by Crippen LogP contribution is -2.41. The van der Waals surface area contributed by atoms with E-state index in [0.717, 1.165) is 31.0 Å². The van der Waals surface area contributed by atoms with Gasteiger partial charge < -0.3 is 5.73 Å². The van der Waals surface area contributed by atoms with Gasteiger partial charge >= 0.3 is 5.69 Å². The summed E-state index contributed by atoms with van der Waals surface area (Å²) in [5.41, 5.74) is 4.44. The van der Waals surface area contributed by atoms with Crippen molar-refractivity contribution >= 4 is 15.7 Å². The fourth-order valence-corrected chi connectivity index (χ4v) is 3.49. The molecular weight excluding hydrogens is 289 g/mol. The molecule has 1 aromatic rings. The molecule has 0 aromatic heterocycles. The molecule has 1 atom stereocenters. The first-order chi connectivity index (χ1) is 9.36. The van der Waals surface area contributed by atoms with Gasteiger partial charge in [-0.15, -0.1) is 0 Å². The molecular formula is C11H14FN3O4S. The van der Waals surface area contributed by atoms with Crippen LogP contribution in [0.4, 0.5) is 10.1 Å². The molecule has 1 saturated carbocycles. The van der Waals surface area contributed by atoms with Crippen LogP contribution in [0.1, 0.15) is 12.8 Å². The number of benzene rings is 1. The van der Waals surface area contributed by atoms with Crippen LogP contribution in [-0.2, 0) is 10.0 Å². The third kappa shape index (κ3) is 2.94. The molecule has 0 spiro atoms. The summed E-state index contributed by atoms with van der Waals surface area (Å²) in [7, 11) is -4.19. The Labute approximate surface area is 115 Å². The van der Waals surface area contributed by atoms with Gasteiger partial charge in [0.05, 0.1) is 4.92 Å². The normalized spacial score (nSPS) is 16.9.